The maximum atomic E-state index is 13.7. The molecular formula is C27H32F2N8O4S. The van der Waals surface area contributed by atoms with Gasteiger partial charge in [-0.05, 0) is 62.3 Å². The van der Waals surface area contributed by atoms with Crippen molar-refractivity contribution in [1.82, 2.24) is 25.0 Å². The van der Waals surface area contributed by atoms with Gasteiger partial charge in [-0.3, -0.25) is 9.52 Å². The normalized spacial score (nSPS) is 19.6. The fourth-order valence-electron chi connectivity index (χ4n) is 5.67. The summed E-state index contributed by atoms with van der Waals surface area (Å²) in [5.41, 5.74) is 3.74. The zero-order valence-corrected chi connectivity index (χ0v) is 23.9. The van der Waals surface area contributed by atoms with E-state index in [-0.39, 0.29) is 31.6 Å². The Morgan fingerprint density at radius 3 is 2.31 bits per heavy atom. The maximum absolute atomic E-state index is 13.7. The van der Waals surface area contributed by atoms with Gasteiger partial charge in [0.25, 0.3) is 5.92 Å². The first kappa shape index (κ1) is 28.2. The van der Waals surface area contributed by atoms with Crippen molar-refractivity contribution in [3.05, 3.63) is 36.2 Å². The molecule has 42 heavy (non-hydrogen) atoms. The summed E-state index contributed by atoms with van der Waals surface area (Å²) < 4.78 is 56.0. The van der Waals surface area contributed by atoms with E-state index in [1.54, 1.807) is 40.0 Å². The number of carboxylic acids is 1. The van der Waals surface area contributed by atoms with Crippen LogP contribution in [0.25, 0.3) is 17.1 Å². The third-order valence-corrected chi connectivity index (χ3v) is 9.48. The van der Waals surface area contributed by atoms with Gasteiger partial charge in [0.05, 0.1) is 29.0 Å². The highest BCUT2D eigenvalue weighted by Gasteiger charge is 2.44. The molecule has 2 aliphatic heterocycles. The second kappa shape index (κ2) is 10.4. The van der Waals surface area contributed by atoms with E-state index in [4.69, 9.17) is 5.11 Å². The highest BCUT2D eigenvalue weighted by Crippen LogP contribution is 2.54. The van der Waals surface area contributed by atoms with E-state index >= 15 is 0 Å². The average Bonchev–Trinajstić information content (AvgIpc) is 3.47. The lowest BCUT2D eigenvalue weighted by atomic mass is 9.93. The van der Waals surface area contributed by atoms with Gasteiger partial charge in [-0.1, -0.05) is 5.21 Å². The van der Waals surface area contributed by atoms with Crippen molar-refractivity contribution in [2.45, 2.75) is 51.4 Å². The molecular weight excluding hydrogens is 570 g/mol. The van der Waals surface area contributed by atoms with Crippen LogP contribution in [-0.4, -0.2) is 82.3 Å². The summed E-state index contributed by atoms with van der Waals surface area (Å²) in [5, 5.41) is 17.7. The van der Waals surface area contributed by atoms with Crippen molar-refractivity contribution in [2.75, 3.05) is 46.5 Å². The Labute approximate surface area is 241 Å². The molecule has 12 nitrogen and oxygen atoms in total. The highest BCUT2D eigenvalue weighted by atomic mass is 32.2. The predicted molar refractivity (Wildman–Crippen MR) is 152 cm³/mol. The van der Waals surface area contributed by atoms with Crippen LogP contribution >= 0.6 is 0 Å². The zero-order valence-electron chi connectivity index (χ0n) is 23.1. The van der Waals surface area contributed by atoms with Crippen molar-refractivity contribution >= 4 is 33.3 Å². The topological polar surface area (TPSA) is 146 Å². The van der Waals surface area contributed by atoms with E-state index in [1.165, 1.54) is 12.8 Å². The summed E-state index contributed by atoms with van der Waals surface area (Å²) in [6, 6.07) is 6.74. The molecule has 1 aromatic carbocycles. The Morgan fingerprint density at radius 2 is 1.64 bits per heavy atom. The summed E-state index contributed by atoms with van der Waals surface area (Å²) in [7, 11) is -4.09. The molecule has 0 amide bonds. The van der Waals surface area contributed by atoms with Crippen LogP contribution in [0.4, 0.5) is 26.1 Å². The van der Waals surface area contributed by atoms with Crippen LogP contribution in [0.1, 0.15) is 44.2 Å². The average molecular weight is 603 g/mol. The van der Waals surface area contributed by atoms with Crippen LogP contribution in [0.5, 0.6) is 0 Å². The largest absolute Gasteiger partial charge is 0.480 e. The molecule has 2 N–H and O–H groups in total. The molecule has 0 radical (unpaired) electrons. The van der Waals surface area contributed by atoms with Crippen molar-refractivity contribution in [3.8, 4) is 17.1 Å². The number of hydrogen-bond acceptors (Lipinski definition) is 9. The van der Waals surface area contributed by atoms with E-state index in [9.17, 15) is 22.0 Å². The van der Waals surface area contributed by atoms with E-state index in [1.807, 2.05) is 6.92 Å². The van der Waals surface area contributed by atoms with E-state index in [0.717, 1.165) is 31.6 Å². The van der Waals surface area contributed by atoms with Crippen LogP contribution in [0.2, 0.25) is 0 Å². The quantitative estimate of drug-likeness (QED) is 0.393. The molecule has 224 valence electrons. The number of sulfonamides is 1. The highest BCUT2D eigenvalue weighted by molar-refractivity contribution is 7.93. The molecule has 3 aliphatic rings. The number of anilines is 3. The number of aryl methyl sites for hydroxylation is 1. The van der Waals surface area contributed by atoms with Gasteiger partial charge in [-0.2, -0.15) is 0 Å². The minimum Gasteiger partial charge on any atom is -0.480 e. The first-order valence-electron chi connectivity index (χ1n) is 13.9. The predicted octanol–water partition coefficient (Wildman–Crippen LogP) is 3.47. The Morgan fingerprint density at radius 1 is 0.952 bits per heavy atom. The monoisotopic (exact) mass is 602 g/mol. The second-order valence-corrected chi connectivity index (χ2v) is 13.3. The number of nitrogens with one attached hydrogen (secondary N) is 1. The minimum atomic E-state index is -4.09. The van der Waals surface area contributed by atoms with Crippen molar-refractivity contribution in [2.24, 2.45) is 5.41 Å². The van der Waals surface area contributed by atoms with Crippen molar-refractivity contribution in [1.29, 1.82) is 0 Å². The third kappa shape index (κ3) is 6.15. The fourth-order valence-corrected chi connectivity index (χ4v) is 6.55. The summed E-state index contributed by atoms with van der Waals surface area (Å²) in [5.74, 6) is -4.79. The SMILES string of the molecule is Cc1cc(-c2cn(-c3ccc(NS(=O)(=O)CC(=O)O)cc3N3CCC4(CC3)CC4)nn2)nc(N2CCC(F)(F)CC2)n1. The number of hydrogen-bond donors (Lipinski definition) is 2. The Kier molecular flexibility index (Phi) is 7.02. The molecule has 1 aliphatic carbocycles. The van der Waals surface area contributed by atoms with E-state index < -0.39 is 27.7 Å². The third-order valence-electron chi connectivity index (χ3n) is 8.31. The van der Waals surface area contributed by atoms with Gasteiger partial charge >= 0.3 is 5.97 Å². The summed E-state index contributed by atoms with van der Waals surface area (Å²) in [6.07, 6.45) is 5.75. The number of benzene rings is 1. The second-order valence-electron chi connectivity index (χ2n) is 11.5. The number of piperidine rings is 2. The molecule has 1 spiro atoms. The number of nitrogens with zero attached hydrogens (tertiary/aromatic N) is 7. The lowest BCUT2D eigenvalue weighted by Gasteiger charge is -2.35. The van der Waals surface area contributed by atoms with Crippen LogP contribution in [0.3, 0.4) is 0 Å². The van der Waals surface area contributed by atoms with Gasteiger partial charge in [0.15, 0.2) is 5.75 Å². The molecule has 1 saturated carbocycles. The van der Waals surface area contributed by atoms with Crippen LogP contribution < -0.4 is 14.5 Å². The van der Waals surface area contributed by atoms with Crippen molar-refractivity contribution < 1.29 is 27.1 Å². The summed E-state index contributed by atoms with van der Waals surface area (Å²) in [6.45, 7) is 3.71. The number of aromatic nitrogens is 5. The standard InChI is InChI=1S/C27H32F2N8O4S/c1-18-14-20(31-25(30-18)36-12-8-27(28,29)9-13-36)21-16-37(34-32-21)22-3-2-19(33-42(40,41)17-24(38)39)15-23(22)35-10-6-26(4-5-26)7-11-35/h2-3,14-16,33H,4-13,17H2,1H3,(H,38,39). The van der Waals surface area contributed by atoms with Gasteiger partial charge in [0, 0.05) is 44.7 Å². The summed E-state index contributed by atoms with van der Waals surface area (Å²) in [4.78, 5) is 24.0. The molecule has 2 aromatic heterocycles. The van der Waals surface area contributed by atoms with Crippen LogP contribution in [0, 0.1) is 12.3 Å². The lowest BCUT2D eigenvalue weighted by molar-refractivity contribution is -0.134. The number of alkyl halides is 2. The zero-order chi connectivity index (χ0) is 29.7. The molecule has 0 bridgehead atoms. The molecule has 15 heteroatoms. The molecule has 4 heterocycles. The smallest absolute Gasteiger partial charge is 0.320 e. The molecule has 3 aromatic rings. The molecule has 6 rings (SSSR count). The fraction of sp³-hybridized carbons (Fsp3) is 0.519. The lowest BCUT2D eigenvalue weighted by Crippen LogP contribution is -2.40. The Balaban J connectivity index is 1.30. The maximum Gasteiger partial charge on any atom is 0.320 e. The van der Waals surface area contributed by atoms with Gasteiger partial charge in [-0.15, -0.1) is 5.10 Å². The minimum absolute atomic E-state index is 0.158. The van der Waals surface area contributed by atoms with Gasteiger partial charge in [-0.25, -0.2) is 31.8 Å². The van der Waals surface area contributed by atoms with Crippen LogP contribution in [0.15, 0.2) is 30.5 Å². The number of carbonyl (C=O) groups is 1. The van der Waals surface area contributed by atoms with Gasteiger partial charge in [0.1, 0.15) is 5.69 Å². The molecule has 2 saturated heterocycles. The summed E-state index contributed by atoms with van der Waals surface area (Å²) >= 11 is 0. The van der Waals surface area contributed by atoms with E-state index in [2.05, 4.69) is 29.9 Å². The molecule has 0 unspecified atom stereocenters. The first-order valence-corrected chi connectivity index (χ1v) is 15.6. The molecule has 0 atom stereocenters. The van der Waals surface area contributed by atoms with Crippen LogP contribution in [-0.2, 0) is 14.8 Å². The Bertz CT molecular complexity index is 1610. The van der Waals surface area contributed by atoms with Gasteiger partial charge in [0.2, 0.25) is 16.0 Å². The van der Waals surface area contributed by atoms with Crippen molar-refractivity contribution in [3.63, 3.8) is 0 Å². The first-order chi connectivity index (χ1) is 19.9. The van der Waals surface area contributed by atoms with E-state index in [0.29, 0.717) is 34.1 Å². The number of carboxylic acid groups (broad SMARTS) is 1. The number of rotatable bonds is 8. The Hall–Kier alpha value is -3.88. The van der Waals surface area contributed by atoms with Gasteiger partial charge < -0.3 is 14.9 Å². The molecule has 3 fully saturated rings. The number of aliphatic carboxylic acids is 1. The number of halogens is 2.